The molecule has 0 saturated carbocycles. The first kappa shape index (κ1) is 16.6. The number of nitrogens with one attached hydrogen (secondary N) is 1. The summed E-state index contributed by atoms with van der Waals surface area (Å²) in [6.07, 6.45) is 0. The van der Waals surface area contributed by atoms with Crippen molar-refractivity contribution in [2.45, 2.75) is 38.2 Å². The molecule has 0 spiro atoms. The van der Waals surface area contributed by atoms with Gasteiger partial charge in [0, 0.05) is 5.69 Å². The quantitative estimate of drug-likeness (QED) is 0.878. The van der Waals surface area contributed by atoms with Crippen LogP contribution in [0.5, 0.6) is 0 Å². The number of hydrogen-bond acceptors (Lipinski definition) is 4. The second-order valence-electron chi connectivity index (χ2n) is 5.42. The lowest BCUT2D eigenvalue weighted by molar-refractivity contribution is -0.125. The fraction of sp³-hybridized carbons (Fsp3) is 0.462. The summed E-state index contributed by atoms with van der Waals surface area (Å²) < 4.78 is 28.1. The van der Waals surface area contributed by atoms with Crippen molar-refractivity contribution >= 4 is 21.6 Å². The van der Waals surface area contributed by atoms with Crippen molar-refractivity contribution in [2.75, 3.05) is 11.9 Å². The molecule has 6 nitrogen and oxygen atoms in total. The molecule has 0 radical (unpaired) electrons. The highest BCUT2D eigenvalue weighted by atomic mass is 32.2. The van der Waals surface area contributed by atoms with E-state index in [9.17, 15) is 13.2 Å². The number of ether oxygens (including phenoxy) is 1. The molecule has 0 aliphatic heterocycles. The third-order valence-electron chi connectivity index (χ3n) is 2.50. The summed E-state index contributed by atoms with van der Waals surface area (Å²) in [5.41, 5.74) is 0.382. The number of rotatable bonds is 4. The minimum atomic E-state index is -3.81. The predicted molar refractivity (Wildman–Crippen MR) is 76.9 cm³/mol. The second kappa shape index (κ2) is 5.90. The van der Waals surface area contributed by atoms with Crippen LogP contribution >= 0.6 is 0 Å². The monoisotopic (exact) mass is 300 g/mol. The van der Waals surface area contributed by atoms with Gasteiger partial charge in [0.15, 0.2) is 0 Å². The largest absolute Gasteiger partial charge is 0.366 e. The van der Waals surface area contributed by atoms with Gasteiger partial charge in [-0.1, -0.05) is 6.07 Å². The topological polar surface area (TPSA) is 98.5 Å². The van der Waals surface area contributed by atoms with Gasteiger partial charge in [0.05, 0.1) is 10.5 Å². The number of benzene rings is 1. The zero-order chi connectivity index (χ0) is 15.6. The molecule has 0 heterocycles. The summed E-state index contributed by atoms with van der Waals surface area (Å²) in [7, 11) is -3.81. The Morgan fingerprint density at radius 3 is 2.45 bits per heavy atom. The Labute approximate surface area is 119 Å². The van der Waals surface area contributed by atoms with Crippen molar-refractivity contribution < 1.29 is 17.9 Å². The van der Waals surface area contributed by atoms with Gasteiger partial charge in [0.25, 0.3) is 0 Å². The van der Waals surface area contributed by atoms with Crippen LogP contribution in [0.25, 0.3) is 0 Å². The molecule has 7 heteroatoms. The van der Waals surface area contributed by atoms with Crippen LogP contribution < -0.4 is 10.5 Å². The highest BCUT2D eigenvalue weighted by Gasteiger charge is 2.16. The molecule has 0 atom stereocenters. The SMILES string of the molecule is Cc1c(NC(=O)COC(C)(C)C)cccc1S(N)(=O)=O. The van der Waals surface area contributed by atoms with E-state index in [0.717, 1.165) is 0 Å². The molecule has 0 saturated heterocycles. The fourth-order valence-electron chi connectivity index (χ4n) is 1.53. The normalized spacial score (nSPS) is 12.2. The molecular weight excluding hydrogens is 280 g/mol. The number of hydrogen-bond donors (Lipinski definition) is 2. The van der Waals surface area contributed by atoms with E-state index in [-0.39, 0.29) is 17.4 Å². The van der Waals surface area contributed by atoms with E-state index in [1.165, 1.54) is 12.1 Å². The average molecular weight is 300 g/mol. The maximum atomic E-state index is 11.8. The summed E-state index contributed by atoms with van der Waals surface area (Å²) in [5.74, 6) is -0.352. The van der Waals surface area contributed by atoms with Gasteiger partial charge < -0.3 is 10.1 Å². The molecule has 3 N–H and O–H groups in total. The van der Waals surface area contributed by atoms with Gasteiger partial charge in [-0.15, -0.1) is 0 Å². The smallest absolute Gasteiger partial charge is 0.250 e. The first-order chi connectivity index (χ1) is 9.00. The number of primary sulfonamides is 1. The molecule has 0 unspecified atom stereocenters. The van der Waals surface area contributed by atoms with Crippen LogP contribution in [0.4, 0.5) is 5.69 Å². The fourth-order valence-corrected chi connectivity index (χ4v) is 2.33. The minimum Gasteiger partial charge on any atom is -0.366 e. The molecule has 20 heavy (non-hydrogen) atoms. The van der Waals surface area contributed by atoms with E-state index in [0.29, 0.717) is 11.3 Å². The van der Waals surface area contributed by atoms with Crippen LogP contribution in [0, 0.1) is 6.92 Å². The molecule has 1 aromatic carbocycles. The maximum Gasteiger partial charge on any atom is 0.250 e. The number of carbonyl (C=O) groups excluding carboxylic acids is 1. The lowest BCUT2D eigenvalue weighted by Crippen LogP contribution is -2.27. The molecule has 0 fully saturated rings. The average Bonchev–Trinajstić information content (AvgIpc) is 2.27. The Morgan fingerprint density at radius 2 is 1.95 bits per heavy atom. The van der Waals surface area contributed by atoms with Gasteiger partial charge in [-0.05, 0) is 45.4 Å². The number of sulfonamides is 1. The van der Waals surface area contributed by atoms with Crippen molar-refractivity contribution in [2.24, 2.45) is 5.14 Å². The zero-order valence-corrected chi connectivity index (χ0v) is 12.9. The van der Waals surface area contributed by atoms with Crippen molar-refractivity contribution in [1.82, 2.24) is 0 Å². The Balaban J connectivity index is 2.87. The van der Waals surface area contributed by atoms with Crippen LogP contribution in [-0.4, -0.2) is 26.5 Å². The van der Waals surface area contributed by atoms with Crippen molar-refractivity contribution in [3.05, 3.63) is 23.8 Å². The molecule has 0 aromatic heterocycles. The molecule has 0 aliphatic carbocycles. The van der Waals surface area contributed by atoms with E-state index in [1.807, 2.05) is 20.8 Å². The van der Waals surface area contributed by atoms with Crippen LogP contribution in [0.3, 0.4) is 0 Å². The van der Waals surface area contributed by atoms with E-state index >= 15 is 0 Å². The highest BCUT2D eigenvalue weighted by Crippen LogP contribution is 2.22. The Bertz CT molecular complexity index is 603. The number of amides is 1. The van der Waals surface area contributed by atoms with Gasteiger partial charge in [-0.3, -0.25) is 4.79 Å². The Hall–Kier alpha value is -1.44. The molecule has 0 bridgehead atoms. The molecule has 1 aromatic rings. The van der Waals surface area contributed by atoms with Crippen molar-refractivity contribution in [3.63, 3.8) is 0 Å². The van der Waals surface area contributed by atoms with E-state index < -0.39 is 15.6 Å². The molecule has 0 aliphatic rings. The Kier molecular flexibility index (Phi) is 4.90. The lowest BCUT2D eigenvalue weighted by atomic mass is 10.2. The molecule has 112 valence electrons. The van der Waals surface area contributed by atoms with Gasteiger partial charge in [-0.25, -0.2) is 13.6 Å². The predicted octanol–water partition coefficient (Wildman–Crippen LogP) is 1.40. The van der Waals surface area contributed by atoms with Gasteiger partial charge in [-0.2, -0.15) is 0 Å². The van der Waals surface area contributed by atoms with E-state index in [4.69, 9.17) is 9.88 Å². The third-order valence-corrected chi connectivity index (χ3v) is 3.56. The zero-order valence-electron chi connectivity index (χ0n) is 12.1. The second-order valence-corrected chi connectivity index (χ2v) is 6.95. The summed E-state index contributed by atoms with van der Waals surface area (Å²) in [6, 6.07) is 4.53. The summed E-state index contributed by atoms with van der Waals surface area (Å²) in [6.45, 7) is 7.00. The first-order valence-corrected chi connectivity index (χ1v) is 7.61. The highest BCUT2D eigenvalue weighted by molar-refractivity contribution is 7.89. The van der Waals surface area contributed by atoms with Crippen LogP contribution in [0.1, 0.15) is 26.3 Å². The first-order valence-electron chi connectivity index (χ1n) is 6.07. The summed E-state index contributed by atoms with van der Waals surface area (Å²) in [5, 5.41) is 7.72. The number of nitrogens with two attached hydrogens (primary N) is 1. The van der Waals surface area contributed by atoms with E-state index in [2.05, 4.69) is 5.32 Å². The summed E-state index contributed by atoms with van der Waals surface area (Å²) >= 11 is 0. The van der Waals surface area contributed by atoms with Gasteiger partial charge >= 0.3 is 0 Å². The van der Waals surface area contributed by atoms with Crippen molar-refractivity contribution in [3.8, 4) is 0 Å². The number of anilines is 1. The standard InChI is InChI=1S/C13H20N2O4S/c1-9-10(6-5-7-11(9)20(14,17)18)15-12(16)8-19-13(2,3)4/h5-7H,8H2,1-4H3,(H,15,16)(H2,14,17,18). The van der Waals surface area contributed by atoms with Crippen LogP contribution in [-0.2, 0) is 19.6 Å². The maximum absolute atomic E-state index is 11.8. The van der Waals surface area contributed by atoms with Crippen molar-refractivity contribution in [1.29, 1.82) is 0 Å². The van der Waals surface area contributed by atoms with Gasteiger partial charge in [0.2, 0.25) is 15.9 Å². The molecular formula is C13H20N2O4S. The van der Waals surface area contributed by atoms with E-state index in [1.54, 1.807) is 13.0 Å². The lowest BCUT2D eigenvalue weighted by Gasteiger charge is -2.19. The minimum absolute atomic E-state index is 0.00737. The van der Waals surface area contributed by atoms with Gasteiger partial charge in [0.1, 0.15) is 6.61 Å². The summed E-state index contributed by atoms with van der Waals surface area (Å²) in [4.78, 5) is 11.7. The molecule has 1 rings (SSSR count). The van der Waals surface area contributed by atoms with Crippen LogP contribution in [0.2, 0.25) is 0 Å². The third kappa shape index (κ3) is 4.92. The Morgan fingerprint density at radius 1 is 1.35 bits per heavy atom. The van der Waals surface area contributed by atoms with Crippen LogP contribution in [0.15, 0.2) is 23.1 Å². The molecule has 1 amide bonds. The number of carbonyl (C=O) groups is 1.